The number of benzene rings is 1. The van der Waals surface area contributed by atoms with Crippen molar-refractivity contribution in [1.82, 2.24) is 4.98 Å². The first-order chi connectivity index (χ1) is 7.93. The quantitative estimate of drug-likeness (QED) is 0.748. The van der Waals surface area contributed by atoms with Gasteiger partial charge in [0.2, 0.25) is 0 Å². The molecule has 0 N–H and O–H groups in total. The molecule has 60 valence electrons. The molecule has 1 aromatic carbocycles. The summed E-state index contributed by atoms with van der Waals surface area (Å²) in [5.74, 6) is 0. The first-order valence-electron chi connectivity index (χ1n) is 5.61. The van der Waals surface area contributed by atoms with Crippen LogP contribution in [0.2, 0.25) is 0 Å². The summed E-state index contributed by atoms with van der Waals surface area (Å²) in [6.07, 6.45) is 0. The van der Waals surface area contributed by atoms with Crippen molar-refractivity contribution in [2.24, 2.45) is 0 Å². The Labute approximate surface area is 90.2 Å². The van der Waals surface area contributed by atoms with Gasteiger partial charge in [0.25, 0.3) is 0 Å². The number of rotatable bonds is 1. The summed E-state index contributed by atoms with van der Waals surface area (Å²) in [7, 11) is 0. The lowest BCUT2D eigenvalue weighted by Crippen LogP contribution is -1.72. The third-order valence-electron chi connectivity index (χ3n) is 1.19. The normalized spacial score (nSPS) is 15.9. The molecule has 0 atom stereocenters. The zero-order valence-corrected chi connectivity index (χ0v) is 8.21. The average molecular weight is 245 g/mol. The van der Waals surface area contributed by atoms with Gasteiger partial charge in [0.1, 0.15) is 9.61 Å². The molecule has 0 aliphatic heterocycles. The molecule has 0 saturated heterocycles. The molecule has 0 bridgehead atoms. The van der Waals surface area contributed by atoms with Crippen molar-refractivity contribution >= 4 is 27.3 Å². The minimum atomic E-state index is -0.389. The van der Waals surface area contributed by atoms with Crippen LogP contribution in [0.4, 0.5) is 0 Å². The minimum absolute atomic E-state index is 0.145. The van der Waals surface area contributed by atoms with E-state index in [-0.39, 0.29) is 35.8 Å². The van der Waals surface area contributed by atoms with Crippen LogP contribution in [0.1, 0.15) is 6.85 Å². The number of aromatic nitrogens is 1. The Balaban J connectivity index is 2.78. The number of hydrogen-bond donors (Lipinski definition) is 0. The molecule has 0 spiro atoms. The fourth-order valence-electron chi connectivity index (χ4n) is 0.726. The summed E-state index contributed by atoms with van der Waals surface area (Å²) < 4.78 is 38.7. The molecule has 0 fully saturated rings. The maximum Gasteiger partial charge on any atom is 0.124 e. The van der Waals surface area contributed by atoms with E-state index in [1.807, 2.05) is 0 Å². The SMILES string of the molecule is [2H]c1c([2H])c([2H])c(-c2nc(Br)cs2)c([2H])c1[2H]. The standard InChI is InChI=1S/C9H6BrNS/c10-8-6-12-9(11-8)7-4-2-1-3-5-7/h1-6H/i1D,2D,3D,4D,5D. The highest BCUT2D eigenvalue weighted by atomic mass is 79.9. The van der Waals surface area contributed by atoms with Gasteiger partial charge in [0.05, 0.1) is 6.85 Å². The van der Waals surface area contributed by atoms with Crippen LogP contribution < -0.4 is 0 Å². The molecule has 1 heterocycles. The number of halogens is 1. The summed E-state index contributed by atoms with van der Waals surface area (Å²) in [6.45, 7) is 0. The molecule has 0 saturated carbocycles. The average Bonchev–Trinajstić information content (AvgIpc) is 2.71. The fraction of sp³-hybridized carbons (Fsp3) is 0. The van der Waals surface area contributed by atoms with Crippen molar-refractivity contribution in [3.05, 3.63) is 40.2 Å². The van der Waals surface area contributed by atoms with Crippen LogP contribution in [0, 0.1) is 0 Å². The van der Waals surface area contributed by atoms with Crippen LogP contribution in [-0.2, 0) is 0 Å². The Kier molecular flexibility index (Phi) is 1.13. The van der Waals surface area contributed by atoms with Crippen LogP contribution in [0.3, 0.4) is 0 Å². The monoisotopic (exact) mass is 244 g/mol. The van der Waals surface area contributed by atoms with Gasteiger partial charge in [-0.05, 0) is 15.9 Å². The molecule has 0 radical (unpaired) electrons. The van der Waals surface area contributed by atoms with Gasteiger partial charge in [-0.3, -0.25) is 0 Å². The molecule has 12 heavy (non-hydrogen) atoms. The van der Waals surface area contributed by atoms with E-state index in [1.54, 1.807) is 5.38 Å². The largest absolute Gasteiger partial charge is 0.229 e. The van der Waals surface area contributed by atoms with Gasteiger partial charge in [-0.2, -0.15) is 0 Å². The van der Waals surface area contributed by atoms with Gasteiger partial charge in [-0.1, -0.05) is 30.2 Å². The van der Waals surface area contributed by atoms with Gasteiger partial charge >= 0.3 is 0 Å². The third-order valence-corrected chi connectivity index (χ3v) is 2.76. The predicted octanol–water partition coefficient (Wildman–Crippen LogP) is 3.57. The first kappa shape index (κ1) is 4.03. The van der Waals surface area contributed by atoms with E-state index in [2.05, 4.69) is 20.9 Å². The molecule has 2 rings (SSSR count). The van der Waals surface area contributed by atoms with E-state index in [9.17, 15) is 0 Å². The van der Waals surface area contributed by atoms with E-state index >= 15 is 0 Å². The Bertz CT molecular complexity index is 568. The van der Waals surface area contributed by atoms with Crippen LogP contribution in [0.25, 0.3) is 10.6 Å². The fourth-order valence-corrected chi connectivity index (χ4v) is 1.93. The number of thiazole rings is 1. The van der Waals surface area contributed by atoms with E-state index in [0.29, 0.717) is 9.61 Å². The Morgan fingerprint density at radius 3 is 2.67 bits per heavy atom. The first-order valence-corrected chi connectivity index (χ1v) is 4.79. The van der Waals surface area contributed by atoms with Crippen molar-refractivity contribution in [2.75, 3.05) is 0 Å². The van der Waals surface area contributed by atoms with Crippen molar-refractivity contribution in [3.8, 4) is 10.6 Å². The number of hydrogen-bond acceptors (Lipinski definition) is 2. The molecular weight excluding hydrogens is 234 g/mol. The van der Waals surface area contributed by atoms with Gasteiger partial charge in [0.15, 0.2) is 0 Å². The van der Waals surface area contributed by atoms with Gasteiger partial charge in [-0.15, -0.1) is 11.3 Å². The van der Waals surface area contributed by atoms with Crippen molar-refractivity contribution in [2.45, 2.75) is 0 Å². The van der Waals surface area contributed by atoms with E-state index in [4.69, 9.17) is 6.85 Å². The van der Waals surface area contributed by atoms with Crippen LogP contribution in [-0.4, -0.2) is 4.98 Å². The van der Waals surface area contributed by atoms with Crippen molar-refractivity contribution in [1.29, 1.82) is 0 Å². The Hall–Kier alpha value is -0.670. The smallest absolute Gasteiger partial charge is 0.124 e. The second-order valence-corrected chi connectivity index (χ2v) is 3.65. The minimum Gasteiger partial charge on any atom is -0.229 e. The highest BCUT2D eigenvalue weighted by molar-refractivity contribution is 9.10. The lowest BCUT2D eigenvalue weighted by Gasteiger charge is -1.92. The summed E-state index contributed by atoms with van der Waals surface area (Å²) in [5, 5.41) is 2.12. The topological polar surface area (TPSA) is 12.9 Å². The van der Waals surface area contributed by atoms with E-state index in [1.165, 1.54) is 11.3 Å². The molecule has 0 aliphatic carbocycles. The second-order valence-electron chi connectivity index (χ2n) is 1.98. The lowest BCUT2D eigenvalue weighted by atomic mass is 10.2. The van der Waals surface area contributed by atoms with Crippen molar-refractivity contribution in [3.63, 3.8) is 0 Å². The second kappa shape index (κ2) is 3.37. The molecule has 2 aromatic rings. The van der Waals surface area contributed by atoms with E-state index < -0.39 is 0 Å². The van der Waals surface area contributed by atoms with Crippen molar-refractivity contribution < 1.29 is 6.85 Å². The maximum absolute atomic E-state index is 7.76. The van der Waals surface area contributed by atoms with E-state index in [0.717, 1.165) is 0 Å². The van der Waals surface area contributed by atoms with Gasteiger partial charge in [0, 0.05) is 10.9 Å². The Morgan fingerprint density at radius 2 is 2.08 bits per heavy atom. The summed E-state index contributed by atoms with van der Waals surface area (Å²) in [5.41, 5.74) is 0.145. The molecule has 3 heteroatoms. The summed E-state index contributed by atoms with van der Waals surface area (Å²) in [6, 6.07) is -1.52. The van der Waals surface area contributed by atoms with Crippen LogP contribution >= 0.6 is 27.3 Å². The zero-order valence-electron chi connectivity index (χ0n) is 10.8. The van der Waals surface area contributed by atoms with Crippen LogP contribution in [0.5, 0.6) is 0 Å². The van der Waals surface area contributed by atoms with Gasteiger partial charge < -0.3 is 0 Å². The molecule has 1 nitrogen and oxygen atoms in total. The molecule has 0 unspecified atom stereocenters. The highest BCUT2D eigenvalue weighted by Gasteiger charge is 2.00. The molecule has 0 aliphatic rings. The Morgan fingerprint density at radius 1 is 1.33 bits per heavy atom. The zero-order chi connectivity index (χ0) is 12.7. The summed E-state index contributed by atoms with van der Waals surface area (Å²) >= 11 is 4.40. The lowest BCUT2D eigenvalue weighted by molar-refractivity contribution is 1.36. The third kappa shape index (κ3) is 1.57. The maximum atomic E-state index is 7.76. The molecule has 0 amide bonds. The predicted molar refractivity (Wildman–Crippen MR) is 55.3 cm³/mol. The molecular formula is C9H6BrNS. The summed E-state index contributed by atoms with van der Waals surface area (Å²) in [4.78, 5) is 4.08. The molecule has 1 aromatic heterocycles. The number of nitrogens with zero attached hydrogens (tertiary/aromatic N) is 1. The van der Waals surface area contributed by atoms with Crippen LogP contribution in [0.15, 0.2) is 40.2 Å². The highest BCUT2D eigenvalue weighted by Crippen LogP contribution is 2.25. The van der Waals surface area contributed by atoms with Gasteiger partial charge in [-0.25, -0.2) is 4.98 Å².